The van der Waals surface area contributed by atoms with Gasteiger partial charge in [0.1, 0.15) is 4.83 Å². The predicted octanol–water partition coefficient (Wildman–Crippen LogP) is 3.19. The minimum absolute atomic E-state index is 0.124. The lowest BCUT2D eigenvalue weighted by Crippen LogP contribution is -2.54. The van der Waals surface area contributed by atoms with Crippen molar-refractivity contribution < 1.29 is 9.53 Å². The Kier molecular flexibility index (Phi) is 5.48. The molecule has 0 saturated carbocycles. The molecule has 2 aromatic heterocycles. The topological polar surface area (TPSA) is 50.6 Å². The van der Waals surface area contributed by atoms with Crippen molar-refractivity contribution in [3.05, 3.63) is 47.0 Å². The predicted molar refractivity (Wildman–Crippen MR) is 112 cm³/mol. The third kappa shape index (κ3) is 3.57. The number of fused-ring (bicyclic) bond motifs is 1. The molecule has 0 N–H and O–H groups in total. The number of carbonyl (C=O) groups excluding carboxylic acids is 1. The fraction of sp³-hybridized carbons (Fsp3) is 0.429. The third-order valence-electron chi connectivity index (χ3n) is 5.39. The normalized spacial score (nSPS) is 18.1. The first kappa shape index (κ1) is 19.1. The molecule has 6 nitrogen and oxygen atoms in total. The molecule has 0 spiro atoms. The summed E-state index contributed by atoms with van der Waals surface area (Å²) in [5.41, 5.74) is 1.97. The fourth-order valence-corrected chi connectivity index (χ4v) is 4.92. The van der Waals surface area contributed by atoms with Gasteiger partial charge < -0.3 is 9.64 Å². The molecule has 0 radical (unpaired) electrons. The molecule has 0 bridgehead atoms. The summed E-state index contributed by atoms with van der Waals surface area (Å²) in [6.07, 6.45) is 0. The van der Waals surface area contributed by atoms with Crippen molar-refractivity contribution >= 4 is 27.5 Å². The molecule has 1 aromatic carbocycles. The summed E-state index contributed by atoms with van der Waals surface area (Å²) in [6, 6.07) is 12.4. The van der Waals surface area contributed by atoms with Gasteiger partial charge in [0.25, 0.3) is 5.91 Å². The van der Waals surface area contributed by atoms with Gasteiger partial charge in [-0.2, -0.15) is 5.10 Å². The second-order valence-corrected chi connectivity index (χ2v) is 8.32. The molecular weight excluding hydrogens is 372 g/mol. The molecule has 1 amide bonds. The fourth-order valence-electron chi connectivity index (χ4n) is 3.77. The van der Waals surface area contributed by atoms with Crippen LogP contribution in [0.4, 0.5) is 0 Å². The molecule has 0 unspecified atom stereocenters. The SMILES string of the molecule is COCCN1CCN(C(=O)c2cc3c(C)nn(-c4ccccc4)c3s2)C[C@@H]1C. The number of rotatable bonds is 5. The number of thiophene rings is 1. The van der Waals surface area contributed by atoms with E-state index in [2.05, 4.69) is 16.9 Å². The highest BCUT2D eigenvalue weighted by atomic mass is 32.1. The standard InChI is InChI=1S/C21H26N4O2S/c1-15-14-24(10-9-23(15)11-12-27-3)20(26)19-13-18-16(2)22-25(21(18)28-19)17-7-5-4-6-8-17/h4-8,13,15H,9-12,14H2,1-3H3/t15-/m0/s1. The average Bonchev–Trinajstić information content (AvgIpc) is 3.28. The van der Waals surface area contributed by atoms with Gasteiger partial charge in [-0.05, 0) is 32.0 Å². The van der Waals surface area contributed by atoms with Crippen LogP contribution < -0.4 is 0 Å². The number of nitrogens with zero attached hydrogens (tertiary/aromatic N) is 4. The van der Waals surface area contributed by atoms with Crippen molar-refractivity contribution in [2.24, 2.45) is 0 Å². The molecular formula is C21H26N4O2S. The molecule has 28 heavy (non-hydrogen) atoms. The van der Waals surface area contributed by atoms with Gasteiger partial charge in [-0.15, -0.1) is 11.3 Å². The summed E-state index contributed by atoms with van der Waals surface area (Å²) in [7, 11) is 1.73. The van der Waals surface area contributed by atoms with Crippen LogP contribution in [-0.4, -0.2) is 71.4 Å². The van der Waals surface area contributed by atoms with Crippen LogP contribution in [-0.2, 0) is 4.74 Å². The van der Waals surface area contributed by atoms with Crippen LogP contribution in [0.5, 0.6) is 0 Å². The highest BCUT2D eigenvalue weighted by Crippen LogP contribution is 2.31. The maximum atomic E-state index is 13.2. The largest absolute Gasteiger partial charge is 0.383 e. The van der Waals surface area contributed by atoms with Crippen LogP contribution in [0.25, 0.3) is 15.9 Å². The summed E-state index contributed by atoms with van der Waals surface area (Å²) >= 11 is 1.53. The van der Waals surface area contributed by atoms with Gasteiger partial charge in [-0.3, -0.25) is 9.69 Å². The molecule has 3 heterocycles. The van der Waals surface area contributed by atoms with Crippen molar-refractivity contribution in [1.82, 2.24) is 19.6 Å². The van der Waals surface area contributed by atoms with E-state index in [1.807, 2.05) is 52.9 Å². The minimum Gasteiger partial charge on any atom is -0.383 e. The smallest absolute Gasteiger partial charge is 0.264 e. The van der Waals surface area contributed by atoms with E-state index in [1.54, 1.807) is 7.11 Å². The molecule has 1 fully saturated rings. The summed E-state index contributed by atoms with van der Waals surface area (Å²) in [6.45, 7) is 8.21. The van der Waals surface area contributed by atoms with E-state index in [4.69, 9.17) is 4.74 Å². The van der Waals surface area contributed by atoms with Crippen LogP contribution in [0, 0.1) is 6.92 Å². The first-order valence-corrected chi connectivity index (χ1v) is 10.5. The lowest BCUT2D eigenvalue weighted by atomic mass is 10.2. The number of aryl methyl sites for hydroxylation is 1. The van der Waals surface area contributed by atoms with Crippen LogP contribution in [0.1, 0.15) is 22.3 Å². The summed E-state index contributed by atoms with van der Waals surface area (Å²) < 4.78 is 7.13. The molecule has 0 aliphatic carbocycles. The number of methoxy groups -OCH3 is 1. The van der Waals surface area contributed by atoms with Gasteiger partial charge >= 0.3 is 0 Å². The molecule has 7 heteroatoms. The first-order valence-electron chi connectivity index (χ1n) is 9.65. The van der Waals surface area contributed by atoms with Crippen LogP contribution >= 0.6 is 11.3 Å². The Balaban J connectivity index is 1.56. The Morgan fingerprint density at radius 3 is 2.79 bits per heavy atom. The molecule has 3 aromatic rings. The van der Waals surface area contributed by atoms with E-state index >= 15 is 0 Å². The average molecular weight is 399 g/mol. The zero-order valence-corrected chi connectivity index (χ0v) is 17.4. The lowest BCUT2D eigenvalue weighted by molar-refractivity contribution is 0.0438. The second kappa shape index (κ2) is 8.03. The number of amides is 1. The number of piperazine rings is 1. The third-order valence-corrected chi connectivity index (χ3v) is 6.49. The van der Waals surface area contributed by atoms with Gasteiger partial charge in [-0.1, -0.05) is 18.2 Å². The summed E-state index contributed by atoms with van der Waals surface area (Å²) in [5, 5.41) is 5.73. The molecule has 1 atom stereocenters. The van der Waals surface area contributed by atoms with E-state index in [0.29, 0.717) is 6.04 Å². The molecule has 148 valence electrons. The van der Waals surface area contributed by atoms with Crippen molar-refractivity contribution in [3.63, 3.8) is 0 Å². The van der Waals surface area contributed by atoms with E-state index in [1.165, 1.54) is 11.3 Å². The Hall–Kier alpha value is -2.22. The Morgan fingerprint density at radius 1 is 1.29 bits per heavy atom. The highest BCUT2D eigenvalue weighted by molar-refractivity contribution is 7.20. The van der Waals surface area contributed by atoms with Crippen molar-refractivity contribution in [2.75, 3.05) is 39.9 Å². The number of ether oxygens (including phenoxy) is 1. The number of aromatic nitrogens is 2. The van der Waals surface area contributed by atoms with Crippen molar-refractivity contribution in [3.8, 4) is 5.69 Å². The van der Waals surface area contributed by atoms with Gasteiger partial charge in [0.15, 0.2) is 0 Å². The van der Waals surface area contributed by atoms with Gasteiger partial charge in [0, 0.05) is 44.7 Å². The number of hydrogen-bond acceptors (Lipinski definition) is 5. The number of hydrogen-bond donors (Lipinski definition) is 0. The quantitative estimate of drug-likeness (QED) is 0.662. The van der Waals surface area contributed by atoms with Crippen LogP contribution in [0.3, 0.4) is 0 Å². The van der Waals surface area contributed by atoms with E-state index in [-0.39, 0.29) is 5.91 Å². The summed E-state index contributed by atoms with van der Waals surface area (Å²) in [5.74, 6) is 0.124. The van der Waals surface area contributed by atoms with E-state index in [9.17, 15) is 4.79 Å². The Bertz CT molecular complexity index is 966. The molecule has 1 aliphatic rings. The van der Waals surface area contributed by atoms with Crippen molar-refractivity contribution in [2.45, 2.75) is 19.9 Å². The van der Waals surface area contributed by atoms with E-state index < -0.39 is 0 Å². The minimum atomic E-state index is 0.124. The number of carbonyl (C=O) groups is 1. The molecule has 4 rings (SSSR count). The van der Waals surface area contributed by atoms with Gasteiger partial charge in [0.2, 0.25) is 0 Å². The monoisotopic (exact) mass is 398 g/mol. The Morgan fingerprint density at radius 2 is 2.07 bits per heavy atom. The second-order valence-electron chi connectivity index (χ2n) is 7.29. The first-order chi connectivity index (χ1) is 13.6. The van der Waals surface area contributed by atoms with Crippen LogP contribution in [0.15, 0.2) is 36.4 Å². The highest BCUT2D eigenvalue weighted by Gasteiger charge is 2.28. The van der Waals surface area contributed by atoms with Crippen molar-refractivity contribution in [1.29, 1.82) is 0 Å². The molecule has 1 saturated heterocycles. The van der Waals surface area contributed by atoms with E-state index in [0.717, 1.165) is 59.3 Å². The number of benzene rings is 1. The lowest BCUT2D eigenvalue weighted by Gasteiger charge is -2.39. The molecule has 1 aliphatic heterocycles. The number of para-hydroxylation sites is 1. The maximum absolute atomic E-state index is 13.2. The van der Waals surface area contributed by atoms with Gasteiger partial charge in [0.05, 0.1) is 22.9 Å². The zero-order valence-electron chi connectivity index (χ0n) is 16.6. The Labute approximate surface area is 169 Å². The zero-order chi connectivity index (χ0) is 19.7. The maximum Gasteiger partial charge on any atom is 0.264 e. The van der Waals surface area contributed by atoms with Crippen LogP contribution in [0.2, 0.25) is 0 Å². The summed E-state index contributed by atoms with van der Waals surface area (Å²) in [4.78, 5) is 19.3. The van der Waals surface area contributed by atoms with Gasteiger partial charge in [-0.25, -0.2) is 4.68 Å².